The highest BCUT2D eigenvalue weighted by atomic mass is 32.1. The Bertz CT molecular complexity index is 8920. The van der Waals surface area contributed by atoms with Gasteiger partial charge in [-0.15, -0.1) is 45.3 Å². The highest BCUT2D eigenvalue weighted by Gasteiger charge is 2.34. The largest absolute Gasteiger partial charge is 0.467 e. The average Bonchev–Trinajstić information content (AvgIpc) is 1.05. The van der Waals surface area contributed by atoms with E-state index in [0.29, 0.717) is 67.7 Å². The number of para-hydroxylation sites is 1. The van der Waals surface area contributed by atoms with Crippen molar-refractivity contribution in [3.05, 3.63) is 365 Å². The highest BCUT2D eigenvalue weighted by molar-refractivity contribution is 7.17. The number of nitrogens with one attached hydrogen (secondary N) is 2. The molecule has 4 atom stereocenters. The predicted molar refractivity (Wildman–Crippen MR) is 569 cm³/mol. The normalized spacial score (nSPS) is 13.8. The lowest BCUT2D eigenvalue weighted by Crippen LogP contribution is -2.26. The molecule has 0 spiro atoms. The summed E-state index contributed by atoms with van der Waals surface area (Å²) in [6.45, 7) is 10.2. The molecule has 2 fully saturated rings. The fraction of sp³-hybridized carbons (Fsp3) is 0.207. The van der Waals surface area contributed by atoms with Gasteiger partial charge in [0, 0.05) is 142 Å². The first-order valence-corrected chi connectivity index (χ1v) is 51.1. The second-order valence-corrected chi connectivity index (χ2v) is 39.7. The number of rotatable bonds is 22. The summed E-state index contributed by atoms with van der Waals surface area (Å²) in [6, 6.07) is 56.5. The van der Waals surface area contributed by atoms with Crippen LogP contribution in [0.2, 0.25) is 0 Å². The van der Waals surface area contributed by atoms with E-state index in [1.807, 2.05) is 190 Å². The third kappa shape index (κ3) is 18.4. The minimum Gasteiger partial charge on any atom is -0.467 e. The number of ether oxygens (including phenoxy) is 2. The lowest BCUT2D eigenvalue weighted by Gasteiger charge is -2.22. The van der Waals surface area contributed by atoms with Gasteiger partial charge in [0.15, 0.2) is 11.6 Å². The van der Waals surface area contributed by atoms with Crippen LogP contribution in [0.25, 0.3) is 140 Å². The molecule has 6 aromatic carbocycles. The van der Waals surface area contributed by atoms with Crippen molar-refractivity contribution in [2.45, 2.75) is 135 Å². The Hall–Kier alpha value is -16.2. The number of anilines is 2. The summed E-state index contributed by atoms with van der Waals surface area (Å²) in [5.41, 5.74) is 26.4. The predicted octanol–water partition coefficient (Wildman–Crippen LogP) is 22.9. The van der Waals surface area contributed by atoms with Crippen LogP contribution in [0.1, 0.15) is 153 Å². The van der Waals surface area contributed by atoms with Gasteiger partial charge in [-0.05, 0) is 213 Å². The fourth-order valence-electron chi connectivity index (χ4n) is 19.5. The van der Waals surface area contributed by atoms with Gasteiger partial charge < -0.3 is 29.2 Å². The molecule has 22 aromatic rings. The molecule has 144 heavy (non-hydrogen) atoms. The molecule has 3 aliphatic carbocycles. The summed E-state index contributed by atoms with van der Waals surface area (Å²) < 4.78 is 35.3. The van der Waals surface area contributed by atoms with Crippen molar-refractivity contribution >= 4 is 141 Å². The van der Waals surface area contributed by atoms with E-state index in [9.17, 15) is 23.6 Å². The second-order valence-electron chi connectivity index (χ2n) is 36.2. The Morgan fingerprint density at radius 3 is 1.31 bits per heavy atom. The van der Waals surface area contributed by atoms with Gasteiger partial charge in [0.1, 0.15) is 44.9 Å². The molecule has 16 heterocycles. The van der Waals surface area contributed by atoms with Crippen molar-refractivity contribution in [3.63, 3.8) is 0 Å². The zero-order valence-electron chi connectivity index (χ0n) is 79.3. The van der Waals surface area contributed by atoms with Crippen LogP contribution in [0.15, 0.2) is 285 Å². The number of thiazole rings is 4. The summed E-state index contributed by atoms with van der Waals surface area (Å²) in [6.07, 6.45) is 29.2. The van der Waals surface area contributed by atoms with E-state index in [1.54, 1.807) is 95.0 Å². The minimum absolute atomic E-state index is 0.0458. The molecule has 16 aromatic heterocycles. The smallest absolute Gasteiger partial charge is 0.316 e. The standard InChI is InChI=1S/C32H27N5OS.C27H20FN7O2S.C26H23N5O2S.C26H23N5OS/c1-20(36-31-30-28(14-15-33-31)39-19-35-30)27-17-22-9-7-12-25(23-16-21-8-5-6-13-26(21)34-18-23)29(22)32(38)37(27)24-10-3-2-4-11-24;1-15(34-24-23-25(32-13-31-24)38-14-33-23)21-9-16-5-3-8-20(17-11-29-27(37-2)30-12-17)22(16)26(36)35(21)19-7-4-6-18(28)10-19;1-15(10-20-24-22(8-9-27-20)34-14-30-24)21-11-16-4-3-5-19(17-12-28-26(33-2)29-13-17)23(16)25(32)31(21)18-6-7-18;1-15(10-21-25-23(8-9-27-21)33-14-30-25)22-11-17-4-3-5-20(18-12-28-16(2)29-13-18)24(17)26(32)31(22)19-6-7-19/h2-4,7,9-12,14-20H,5-6,8,13H2,1H3,(H,33,36);3-15H,1-2H3,(H,31,32,34);3-5,8-9,11-15,18H,6-7,10H2,1-2H3;3-5,8-9,11-15,19H,6-7,10H2,1-2H3/t20-;3*15-/m0011/s1. The zero-order valence-corrected chi connectivity index (χ0v) is 82.6. The van der Waals surface area contributed by atoms with Crippen LogP contribution in [0.4, 0.5) is 16.0 Å². The summed E-state index contributed by atoms with van der Waals surface area (Å²) in [4.78, 5) is 128. The first kappa shape index (κ1) is 92.8. The molecule has 33 heteroatoms. The fourth-order valence-corrected chi connectivity index (χ4v) is 22.2. The van der Waals surface area contributed by atoms with Crippen LogP contribution < -0.4 is 42.3 Å². The molecular weight excluding hydrogens is 1880 g/mol. The van der Waals surface area contributed by atoms with Crippen molar-refractivity contribution < 1.29 is 13.9 Å². The molecule has 0 bridgehead atoms. The summed E-state index contributed by atoms with van der Waals surface area (Å²) in [5, 5.41) is 13.0. The van der Waals surface area contributed by atoms with Crippen LogP contribution in [0.5, 0.6) is 12.0 Å². The van der Waals surface area contributed by atoms with Crippen LogP contribution in [-0.4, -0.2) is 112 Å². The number of benzene rings is 6. The van der Waals surface area contributed by atoms with E-state index in [2.05, 4.69) is 130 Å². The molecule has 0 saturated heterocycles. The molecule has 2 N–H and O–H groups in total. The molecule has 0 aliphatic heterocycles. The number of hydrogen-bond donors (Lipinski definition) is 2. The first-order chi connectivity index (χ1) is 70.4. The Kier molecular flexibility index (Phi) is 25.8. The molecule has 28 nitrogen and oxygen atoms in total. The number of aryl methyl sites for hydroxylation is 3. The third-order valence-electron chi connectivity index (χ3n) is 26.7. The number of fused-ring (bicyclic) bond motifs is 9. The van der Waals surface area contributed by atoms with Crippen molar-refractivity contribution in [1.29, 1.82) is 0 Å². The van der Waals surface area contributed by atoms with Crippen molar-refractivity contribution in [2.75, 3.05) is 24.9 Å². The maximum absolute atomic E-state index is 14.4. The number of methoxy groups -OCH3 is 2. The van der Waals surface area contributed by atoms with Crippen molar-refractivity contribution in [2.24, 2.45) is 0 Å². The Labute approximate surface area is 839 Å². The lowest BCUT2D eigenvalue weighted by molar-refractivity contribution is 0.380. The minimum atomic E-state index is -0.446. The molecule has 714 valence electrons. The van der Waals surface area contributed by atoms with Gasteiger partial charge in [-0.25, -0.2) is 69.2 Å². The molecule has 3 aliphatic rings. The SMILES string of the molecule is COc1ncc(-c2cccc3cc([C@H](C)Cc4nccc5scnc45)n(C4CC4)c(=O)c23)cn1.COc1ncc(-c2cccc3cc([C@H](C)Nc4ncnc5scnc45)n(-c4cccc(F)c4)c(=O)c23)cn1.C[C@H](Nc1nccc2scnc12)c1cc2cccc(-c3cnc4c(c3)CCCC4)c2c(=O)n1-c1ccccc1.Cc1ncc(-c2cccc3cc([C@H](C)Cc4nccc5scnc45)n(C4CC4)c(=O)c23)cn1. The Balaban J connectivity index is 0.000000110. The van der Waals surface area contributed by atoms with E-state index < -0.39 is 11.9 Å². The van der Waals surface area contributed by atoms with E-state index >= 15 is 0 Å². The van der Waals surface area contributed by atoms with Crippen LogP contribution in [0, 0.1) is 12.7 Å². The topological polar surface area (TPSA) is 337 Å². The number of pyridine rings is 8. The molecule has 0 radical (unpaired) electrons. The lowest BCUT2D eigenvalue weighted by atomic mass is 9.92. The van der Waals surface area contributed by atoms with Gasteiger partial charge in [-0.2, -0.15) is 0 Å². The number of hydrogen-bond acceptors (Lipinski definition) is 28. The molecule has 0 unspecified atom stereocenters. The van der Waals surface area contributed by atoms with Gasteiger partial charge in [0.05, 0.1) is 101 Å². The number of aromatic nitrogens is 20. The monoisotopic (exact) mass is 1980 g/mol. The number of halogens is 1. The molecule has 25 rings (SSSR count). The van der Waals surface area contributed by atoms with Gasteiger partial charge in [-0.1, -0.05) is 111 Å². The summed E-state index contributed by atoms with van der Waals surface area (Å²) in [5.74, 6) is 1.78. The van der Waals surface area contributed by atoms with Crippen LogP contribution >= 0.6 is 45.3 Å². The summed E-state index contributed by atoms with van der Waals surface area (Å²) in [7, 11) is 3.02. The second kappa shape index (κ2) is 40.0. The first-order valence-electron chi connectivity index (χ1n) is 47.6. The van der Waals surface area contributed by atoms with Gasteiger partial charge in [0.2, 0.25) is 0 Å². The molecular formula is C111H93FN22O6S4. The maximum atomic E-state index is 14.4. The van der Waals surface area contributed by atoms with Crippen molar-refractivity contribution in [1.82, 2.24) is 98.0 Å². The zero-order chi connectivity index (χ0) is 98.3. The van der Waals surface area contributed by atoms with E-state index in [-0.39, 0.29) is 58.2 Å². The van der Waals surface area contributed by atoms with Gasteiger partial charge in [-0.3, -0.25) is 43.3 Å². The summed E-state index contributed by atoms with van der Waals surface area (Å²) >= 11 is 6.25. The van der Waals surface area contributed by atoms with Gasteiger partial charge >= 0.3 is 12.0 Å². The maximum Gasteiger partial charge on any atom is 0.316 e. The van der Waals surface area contributed by atoms with E-state index in [4.69, 9.17) is 14.5 Å². The van der Waals surface area contributed by atoms with E-state index in [1.165, 1.54) is 72.7 Å². The number of nitrogens with zero attached hydrogens (tertiary/aromatic N) is 20. The molecule has 2 saturated carbocycles. The average molecular weight is 1980 g/mol. The van der Waals surface area contributed by atoms with Gasteiger partial charge in [0.25, 0.3) is 22.2 Å². The van der Waals surface area contributed by atoms with E-state index in [0.717, 1.165) is 181 Å². The Morgan fingerprint density at radius 2 is 0.806 bits per heavy atom. The van der Waals surface area contributed by atoms with Crippen LogP contribution in [0.3, 0.4) is 0 Å². The molecule has 0 amide bonds. The quantitative estimate of drug-likeness (QED) is 0.0636. The van der Waals surface area contributed by atoms with Crippen LogP contribution in [-0.2, 0) is 25.7 Å². The highest BCUT2D eigenvalue weighted by Crippen LogP contribution is 2.44. The van der Waals surface area contributed by atoms with Crippen molar-refractivity contribution in [3.8, 4) is 67.9 Å². The third-order valence-corrected chi connectivity index (χ3v) is 29.8. The Morgan fingerprint density at radius 1 is 0.389 bits per heavy atom.